The minimum atomic E-state index is 0.512. The molecule has 82 valence electrons. The number of nitrogens with zero attached hydrogens (tertiary/aromatic N) is 2. The molecule has 0 saturated carbocycles. The lowest BCUT2D eigenvalue weighted by Gasteiger charge is -2.16. The van der Waals surface area contributed by atoms with Crippen molar-refractivity contribution in [2.45, 2.75) is 6.92 Å². The number of nitrogens with one attached hydrogen (secondary N) is 1. The predicted octanol–water partition coefficient (Wildman–Crippen LogP) is 2.43. The summed E-state index contributed by atoms with van der Waals surface area (Å²) >= 11 is 0. The molecule has 0 aliphatic carbocycles. The van der Waals surface area contributed by atoms with Gasteiger partial charge in [0.25, 0.3) is 0 Å². The molecule has 1 aromatic heterocycles. The SMILES string of the molecule is Cc1ccc(C(=N)N(C)C)c2cccnc12. The first-order chi connectivity index (χ1) is 7.61. The van der Waals surface area contributed by atoms with Crippen LogP contribution in [0.1, 0.15) is 11.1 Å². The largest absolute Gasteiger partial charge is 0.363 e. The molecule has 2 aromatic rings. The van der Waals surface area contributed by atoms with Crippen LogP contribution in [0.25, 0.3) is 10.9 Å². The number of benzene rings is 1. The fourth-order valence-electron chi connectivity index (χ4n) is 1.76. The Labute approximate surface area is 95.2 Å². The Bertz CT molecular complexity index is 544. The predicted molar refractivity (Wildman–Crippen MR) is 67.0 cm³/mol. The second-order valence-electron chi connectivity index (χ2n) is 4.07. The van der Waals surface area contributed by atoms with E-state index in [1.165, 1.54) is 0 Å². The molecule has 0 radical (unpaired) electrons. The molecule has 3 heteroatoms. The van der Waals surface area contributed by atoms with E-state index in [9.17, 15) is 0 Å². The molecule has 2 rings (SSSR count). The minimum absolute atomic E-state index is 0.512. The van der Waals surface area contributed by atoms with Gasteiger partial charge in [0.15, 0.2) is 0 Å². The first kappa shape index (κ1) is 10.6. The van der Waals surface area contributed by atoms with E-state index in [1.807, 2.05) is 45.3 Å². The smallest absolute Gasteiger partial charge is 0.128 e. The van der Waals surface area contributed by atoms with E-state index in [2.05, 4.69) is 4.98 Å². The van der Waals surface area contributed by atoms with E-state index in [-0.39, 0.29) is 0 Å². The number of rotatable bonds is 1. The van der Waals surface area contributed by atoms with Gasteiger partial charge in [-0.3, -0.25) is 10.4 Å². The molecule has 1 N–H and O–H groups in total. The highest BCUT2D eigenvalue weighted by atomic mass is 15.1. The average Bonchev–Trinajstić information content (AvgIpc) is 2.29. The Morgan fingerprint density at radius 3 is 2.69 bits per heavy atom. The van der Waals surface area contributed by atoms with Gasteiger partial charge in [0.2, 0.25) is 0 Å². The molecule has 0 aliphatic heterocycles. The summed E-state index contributed by atoms with van der Waals surface area (Å²) in [4.78, 5) is 6.17. The molecule has 1 aromatic carbocycles. The minimum Gasteiger partial charge on any atom is -0.363 e. The zero-order valence-electron chi connectivity index (χ0n) is 9.78. The van der Waals surface area contributed by atoms with Crippen molar-refractivity contribution in [1.29, 1.82) is 5.41 Å². The number of amidine groups is 1. The topological polar surface area (TPSA) is 40.0 Å². The standard InChI is InChI=1S/C13H15N3/c1-9-6-7-11(13(14)16(2)3)10-5-4-8-15-12(9)10/h4-8,14H,1-3H3. The van der Waals surface area contributed by atoms with Crippen molar-refractivity contribution in [3.63, 3.8) is 0 Å². The summed E-state index contributed by atoms with van der Waals surface area (Å²) in [6, 6.07) is 7.93. The Morgan fingerprint density at radius 1 is 1.25 bits per heavy atom. The summed E-state index contributed by atoms with van der Waals surface area (Å²) in [7, 11) is 3.76. The van der Waals surface area contributed by atoms with Crippen LogP contribution >= 0.6 is 0 Å². The highest BCUT2D eigenvalue weighted by molar-refractivity contribution is 6.07. The van der Waals surface area contributed by atoms with Crippen LogP contribution in [0, 0.1) is 12.3 Å². The monoisotopic (exact) mass is 213 g/mol. The van der Waals surface area contributed by atoms with Crippen molar-refractivity contribution in [3.8, 4) is 0 Å². The molecule has 1 heterocycles. The number of aromatic nitrogens is 1. The normalized spacial score (nSPS) is 10.4. The molecule has 3 nitrogen and oxygen atoms in total. The third-order valence-electron chi connectivity index (χ3n) is 2.67. The van der Waals surface area contributed by atoms with E-state index in [1.54, 1.807) is 11.1 Å². The van der Waals surface area contributed by atoms with Crippen LogP contribution in [0.15, 0.2) is 30.5 Å². The number of pyridine rings is 1. The van der Waals surface area contributed by atoms with Crippen LogP contribution < -0.4 is 0 Å². The molecule has 16 heavy (non-hydrogen) atoms. The van der Waals surface area contributed by atoms with E-state index < -0.39 is 0 Å². The maximum absolute atomic E-state index is 8.04. The summed E-state index contributed by atoms with van der Waals surface area (Å²) in [6.45, 7) is 2.04. The van der Waals surface area contributed by atoms with Gasteiger partial charge in [0, 0.05) is 31.2 Å². The molecule has 0 spiro atoms. The number of aryl methyl sites for hydroxylation is 1. The fourth-order valence-corrected chi connectivity index (χ4v) is 1.76. The van der Waals surface area contributed by atoms with Gasteiger partial charge in [-0.25, -0.2) is 0 Å². The first-order valence-corrected chi connectivity index (χ1v) is 5.22. The van der Waals surface area contributed by atoms with Crippen molar-refractivity contribution in [2.24, 2.45) is 0 Å². The van der Waals surface area contributed by atoms with Crippen LogP contribution in [-0.2, 0) is 0 Å². The van der Waals surface area contributed by atoms with Crippen molar-refractivity contribution in [2.75, 3.05) is 14.1 Å². The molecule has 0 fully saturated rings. The highest BCUT2D eigenvalue weighted by Gasteiger charge is 2.09. The molecule has 0 aliphatic rings. The van der Waals surface area contributed by atoms with Gasteiger partial charge in [0.05, 0.1) is 5.52 Å². The number of hydrogen-bond acceptors (Lipinski definition) is 2. The average molecular weight is 213 g/mol. The maximum atomic E-state index is 8.04. The Hall–Kier alpha value is -1.90. The Kier molecular flexibility index (Phi) is 2.60. The van der Waals surface area contributed by atoms with E-state index in [4.69, 9.17) is 5.41 Å². The van der Waals surface area contributed by atoms with Gasteiger partial charge in [-0.2, -0.15) is 0 Å². The van der Waals surface area contributed by atoms with Gasteiger partial charge in [-0.15, -0.1) is 0 Å². The van der Waals surface area contributed by atoms with Crippen molar-refractivity contribution in [3.05, 3.63) is 41.6 Å². The highest BCUT2D eigenvalue weighted by Crippen LogP contribution is 2.20. The van der Waals surface area contributed by atoms with E-state index in [0.29, 0.717) is 5.84 Å². The van der Waals surface area contributed by atoms with Crippen molar-refractivity contribution >= 4 is 16.7 Å². The van der Waals surface area contributed by atoms with Crippen LogP contribution in [0.2, 0.25) is 0 Å². The van der Waals surface area contributed by atoms with Gasteiger partial charge in [-0.05, 0) is 18.6 Å². The summed E-state index contributed by atoms with van der Waals surface area (Å²) in [5, 5.41) is 9.08. The third kappa shape index (κ3) is 1.65. The van der Waals surface area contributed by atoms with Crippen LogP contribution in [0.5, 0.6) is 0 Å². The summed E-state index contributed by atoms with van der Waals surface area (Å²) in [5.41, 5.74) is 3.05. The zero-order chi connectivity index (χ0) is 11.7. The lowest BCUT2D eigenvalue weighted by molar-refractivity contribution is 0.620. The van der Waals surface area contributed by atoms with E-state index in [0.717, 1.165) is 22.0 Å². The quantitative estimate of drug-likeness (QED) is 0.583. The first-order valence-electron chi connectivity index (χ1n) is 5.22. The zero-order valence-corrected chi connectivity index (χ0v) is 9.78. The lowest BCUT2D eigenvalue weighted by atomic mass is 10.0. The van der Waals surface area contributed by atoms with Gasteiger partial charge in [0.1, 0.15) is 5.84 Å². The molecule has 0 atom stereocenters. The lowest BCUT2D eigenvalue weighted by Crippen LogP contribution is -2.22. The van der Waals surface area contributed by atoms with Crippen LogP contribution in [0.3, 0.4) is 0 Å². The fraction of sp³-hybridized carbons (Fsp3) is 0.231. The van der Waals surface area contributed by atoms with Gasteiger partial charge in [-0.1, -0.05) is 18.2 Å². The van der Waals surface area contributed by atoms with Gasteiger partial charge >= 0.3 is 0 Å². The molecule has 0 bridgehead atoms. The van der Waals surface area contributed by atoms with Crippen LogP contribution in [0.4, 0.5) is 0 Å². The second kappa shape index (κ2) is 3.93. The summed E-state index contributed by atoms with van der Waals surface area (Å²) in [6.07, 6.45) is 1.79. The number of hydrogen-bond donors (Lipinski definition) is 1. The van der Waals surface area contributed by atoms with E-state index >= 15 is 0 Å². The summed E-state index contributed by atoms with van der Waals surface area (Å²) < 4.78 is 0. The number of fused-ring (bicyclic) bond motifs is 1. The molecule has 0 unspecified atom stereocenters. The Morgan fingerprint density at radius 2 is 2.00 bits per heavy atom. The molecular formula is C13H15N3. The molecular weight excluding hydrogens is 198 g/mol. The third-order valence-corrected chi connectivity index (χ3v) is 2.67. The molecule has 0 saturated heterocycles. The second-order valence-corrected chi connectivity index (χ2v) is 4.07. The Balaban J connectivity index is 2.72. The van der Waals surface area contributed by atoms with Crippen molar-refractivity contribution in [1.82, 2.24) is 9.88 Å². The van der Waals surface area contributed by atoms with Crippen molar-refractivity contribution < 1.29 is 0 Å². The summed E-state index contributed by atoms with van der Waals surface area (Å²) in [5.74, 6) is 0.512. The van der Waals surface area contributed by atoms with Gasteiger partial charge < -0.3 is 4.90 Å². The maximum Gasteiger partial charge on any atom is 0.128 e. The molecule has 0 amide bonds. The van der Waals surface area contributed by atoms with Crippen LogP contribution in [-0.4, -0.2) is 29.8 Å².